The number of aliphatic hydroxyl groups is 2. The Labute approximate surface area is 94.4 Å². The summed E-state index contributed by atoms with van der Waals surface area (Å²) in [6.45, 7) is -0.00398. The lowest BCUT2D eigenvalue weighted by atomic mass is 10.1. The molecule has 1 heterocycles. The van der Waals surface area contributed by atoms with E-state index in [0.29, 0.717) is 0 Å². The van der Waals surface area contributed by atoms with E-state index in [1.807, 2.05) is 4.98 Å². The van der Waals surface area contributed by atoms with Crippen LogP contribution in [0.4, 0.5) is 0 Å². The fourth-order valence-electron chi connectivity index (χ4n) is 1.24. The van der Waals surface area contributed by atoms with Gasteiger partial charge in [-0.05, 0) is 12.0 Å². The Morgan fingerprint density at radius 3 is 2.76 bits per heavy atom. The van der Waals surface area contributed by atoms with Gasteiger partial charge >= 0.3 is 5.69 Å². The van der Waals surface area contributed by atoms with E-state index in [4.69, 9.17) is 5.53 Å². The number of nitrogens with one attached hydrogen (secondary N) is 2. The first kappa shape index (κ1) is 13.0. The van der Waals surface area contributed by atoms with Crippen molar-refractivity contribution < 1.29 is 10.2 Å². The zero-order valence-electron chi connectivity index (χ0n) is 8.70. The van der Waals surface area contributed by atoms with Crippen molar-refractivity contribution in [2.45, 2.75) is 18.6 Å². The zero-order valence-corrected chi connectivity index (χ0v) is 8.70. The van der Waals surface area contributed by atoms with Crippen molar-refractivity contribution >= 4 is 0 Å². The van der Waals surface area contributed by atoms with Crippen molar-refractivity contribution in [3.63, 3.8) is 0 Å². The number of aromatic amines is 2. The topological polar surface area (TPSA) is 155 Å². The van der Waals surface area contributed by atoms with E-state index in [2.05, 4.69) is 15.0 Å². The predicted molar refractivity (Wildman–Crippen MR) is 57.3 cm³/mol. The van der Waals surface area contributed by atoms with Gasteiger partial charge in [0.1, 0.15) is 6.10 Å². The van der Waals surface area contributed by atoms with Gasteiger partial charge in [0.15, 0.2) is 0 Å². The van der Waals surface area contributed by atoms with E-state index in [0.717, 1.165) is 6.20 Å². The van der Waals surface area contributed by atoms with Gasteiger partial charge in [-0.2, -0.15) is 0 Å². The quantitative estimate of drug-likeness (QED) is 0.301. The van der Waals surface area contributed by atoms with Crippen LogP contribution in [-0.2, 0) is 0 Å². The fourth-order valence-corrected chi connectivity index (χ4v) is 1.24. The van der Waals surface area contributed by atoms with Gasteiger partial charge in [-0.1, -0.05) is 5.11 Å². The van der Waals surface area contributed by atoms with Gasteiger partial charge in [0.25, 0.3) is 5.56 Å². The molecule has 0 aliphatic carbocycles. The number of aliphatic hydroxyl groups excluding tert-OH is 2. The van der Waals surface area contributed by atoms with Crippen LogP contribution in [0.5, 0.6) is 0 Å². The Hall–Kier alpha value is -2.09. The summed E-state index contributed by atoms with van der Waals surface area (Å²) in [5.74, 6) is 0. The van der Waals surface area contributed by atoms with Gasteiger partial charge in [0.2, 0.25) is 0 Å². The molecule has 0 amide bonds. The summed E-state index contributed by atoms with van der Waals surface area (Å²) < 4.78 is 0. The highest BCUT2D eigenvalue weighted by Gasteiger charge is 2.20. The maximum Gasteiger partial charge on any atom is 0.325 e. The first-order chi connectivity index (χ1) is 8.06. The van der Waals surface area contributed by atoms with Crippen LogP contribution in [0.25, 0.3) is 10.4 Å². The van der Waals surface area contributed by atoms with Gasteiger partial charge in [0, 0.05) is 17.7 Å². The van der Waals surface area contributed by atoms with E-state index in [9.17, 15) is 19.8 Å². The lowest BCUT2D eigenvalue weighted by Crippen LogP contribution is -2.30. The molecule has 0 bridgehead atoms. The maximum absolute atomic E-state index is 11.3. The summed E-state index contributed by atoms with van der Waals surface area (Å²) in [6.07, 6.45) is -1.68. The molecule has 17 heavy (non-hydrogen) atoms. The molecule has 0 aromatic carbocycles. The number of rotatable bonds is 5. The minimum absolute atomic E-state index is 0.00376. The summed E-state index contributed by atoms with van der Waals surface area (Å²) in [5.41, 5.74) is 6.40. The molecular weight excluding hydrogens is 230 g/mol. The molecule has 2 atom stereocenters. The Morgan fingerprint density at radius 1 is 1.47 bits per heavy atom. The summed E-state index contributed by atoms with van der Waals surface area (Å²) in [6, 6.07) is 0. The molecule has 1 aromatic heterocycles. The number of H-pyrrole nitrogens is 2. The lowest BCUT2D eigenvalue weighted by molar-refractivity contribution is 0.0139. The predicted octanol–water partition coefficient (Wildman–Crippen LogP) is -0.842. The summed E-state index contributed by atoms with van der Waals surface area (Å²) >= 11 is 0. The highest BCUT2D eigenvalue weighted by molar-refractivity contribution is 5.08. The molecule has 2 unspecified atom stereocenters. The molecule has 4 N–H and O–H groups in total. The molecule has 0 aliphatic rings. The van der Waals surface area contributed by atoms with Crippen molar-refractivity contribution in [3.05, 3.63) is 43.0 Å². The number of hydrogen-bond donors (Lipinski definition) is 4. The zero-order chi connectivity index (χ0) is 12.8. The first-order valence-corrected chi connectivity index (χ1v) is 4.75. The second-order valence-electron chi connectivity index (χ2n) is 3.28. The van der Waals surface area contributed by atoms with Crippen molar-refractivity contribution in [2.75, 3.05) is 6.54 Å². The van der Waals surface area contributed by atoms with Crippen LogP contribution < -0.4 is 11.2 Å². The Balaban J connectivity index is 2.81. The van der Waals surface area contributed by atoms with E-state index < -0.39 is 23.5 Å². The minimum atomic E-state index is -1.45. The molecule has 9 heteroatoms. The molecule has 0 spiro atoms. The molecule has 0 radical (unpaired) electrons. The van der Waals surface area contributed by atoms with E-state index in [-0.39, 0.29) is 18.5 Å². The van der Waals surface area contributed by atoms with Crippen LogP contribution in [0, 0.1) is 0 Å². The number of nitrogens with zero attached hydrogens (tertiary/aromatic N) is 3. The maximum atomic E-state index is 11.3. The monoisotopic (exact) mass is 241 g/mol. The second-order valence-corrected chi connectivity index (χ2v) is 3.28. The third-order valence-corrected chi connectivity index (χ3v) is 2.12. The van der Waals surface area contributed by atoms with Crippen molar-refractivity contribution in [3.8, 4) is 0 Å². The molecular formula is C8H11N5O4. The molecule has 92 valence electrons. The van der Waals surface area contributed by atoms with Crippen LogP contribution in [0.15, 0.2) is 20.9 Å². The van der Waals surface area contributed by atoms with Crippen LogP contribution >= 0.6 is 0 Å². The molecule has 0 fully saturated rings. The van der Waals surface area contributed by atoms with Crippen molar-refractivity contribution in [1.29, 1.82) is 0 Å². The van der Waals surface area contributed by atoms with E-state index in [1.165, 1.54) is 0 Å². The van der Waals surface area contributed by atoms with Gasteiger partial charge in [0.05, 0.1) is 11.7 Å². The number of hydrogen-bond acceptors (Lipinski definition) is 5. The highest BCUT2D eigenvalue weighted by Crippen LogP contribution is 2.14. The summed E-state index contributed by atoms with van der Waals surface area (Å²) in [7, 11) is 0. The normalized spacial score (nSPS) is 13.8. The van der Waals surface area contributed by atoms with Crippen molar-refractivity contribution in [1.82, 2.24) is 9.97 Å². The smallest absolute Gasteiger partial charge is 0.325 e. The third-order valence-electron chi connectivity index (χ3n) is 2.12. The molecule has 0 aliphatic heterocycles. The summed E-state index contributed by atoms with van der Waals surface area (Å²) in [4.78, 5) is 28.6. The summed E-state index contributed by atoms with van der Waals surface area (Å²) in [5, 5.41) is 22.3. The molecule has 0 saturated heterocycles. The Kier molecular flexibility index (Phi) is 4.46. The van der Waals surface area contributed by atoms with Crippen LogP contribution in [0.1, 0.15) is 18.1 Å². The van der Waals surface area contributed by atoms with Crippen LogP contribution in [0.2, 0.25) is 0 Å². The molecule has 1 rings (SSSR count). The average molecular weight is 241 g/mol. The van der Waals surface area contributed by atoms with Gasteiger partial charge < -0.3 is 15.2 Å². The molecule has 1 aromatic rings. The SMILES string of the molecule is [N-]=[N+]=NCCC(O)C(O)c1c[nH]c(=O)[nH]c1=O. The van der Waals surface area contributed by atoms with Gasteiger partial charge in [-0.15, -0.1) is 0 Å². The largest absolute Gasteiger partial charge is 0.390 e. The van der Waals surface area contributed by atoms with Gasteiger partial charge in [-0.3, -0.25) is 9.78 Å². The highest BCUT2D eigenvalue weighted by atomic mass is 16.3. The average Bonchev–Trinajstić information content (AvgIpc) is 2.28. The minimum Gasteiger partial charge on any atom is -0.390 e. The van der Waals surface area contributed by atoms with E-state index in [1.54, 1.807) is 0 Å². The second kappa shape index (κ2) is 5.85. The van der Waals surface area contributed by atoms with Crippen LogP contribution in [-0.4, -0.2) is 32.8 Å². The third kappa shape index (κ3) is 3.45. The first-order valence-electron chi connectivity index (χ1n) is 4.75. The molecule has 0 saturated carbocycles. The van der Waals surface area contributed by atoms with Gasteiger partial charge in [-0.25, -0.2) is 4.79 Å². The van der Waals surface area contributed by atoms with E-state index >= 15 is 0 Å². The Bertz CT molecular complexity index is 529. The van der Waals surface area contributed by atoms with Crippen molar-refractivity contribution in [2.24, 2.45) is 5.11 Å². The Morgan fingerprint density at radius 2 is 2.18 bits per heavy atom. The standard InChI is InChI=1S/C8H11N5O4/c9-13-11-2-1-5(14)6(15)4-3-10-8(17)12-7(4)16/h3,5-6,14-15H,1-2H2,(H2,10,12,16,17). The molecule has 9 nitrogen and oxygen atoms in total. The number of aromatic nitrogens is 2. The lowest BCUT2D eigenvalue weighted by Gasteiger charge is -2.15. The van der Waals surface area contributed by atoms with Crippen LogP contribution in [0.3, 0.4) is 0 Å². The number of azide groups is 1. The fraction of sp³-hybridized carbons (Fsp3) is 0.500.